The molecule has 0 aliphatic carbocycles. The molecule has 7 heteroatoms. The lowest BCUT2D eigenvalue weighted by molar-refractivity contribution is -0.342. The van der Waals surface area contributed by atoms with E-state index in [1.165, 1.54) is 0 Å². The van der Waals surface area contributed by atoms with Crippen molar-refractivity contribution in [1.82, 2.24) is 0 Å². The zero-order chi connectivity index (χ0) is 12.6. The van der Waals surface area contributed by atoms with Crippen molar-refractivity contribution in [3.05, 3.63) is 30.4 Å². The van der Waals surface area contributed by atoms with Gasteiger partial charge in [0.25, 0.3) is 0 Å². The van der Waals surface area contributed by atoms with E-state index in [4.69, 9.17) is 16.6 Å². The summed E-state index contributed by atoms with van der Waals surface area (Å²) in [7, 11) is 0. The molecule has 1 heterocycles. The van der Waals surface area contributed by atoms with Crippen LogP contribution in [-0.4, -0.2) is 17.0 Å². The summed E-state index contributed by atoms with van der Waals surface area (Å²) in [5.74, 6) is -1.63. The fourth-order valence-electron chi connectivity index (χ4n) is 0.645. The smallest absolute Gasteiger partial charge is 0.328 e. The molecule has 1 aromatic heterocycles. The second-order valence-corrected chi connectivity index (χ2v) is 2.55. The molecule has 0 fully saturated rings. The van der Waals surface area contributed by atoms with Gasteiger partial charge in [-0.25, -0.2) is 9.78 Å². The van der Waals surface area contributed by atoms with E-state index < -0.39 is 11.9 Å². The number of carbonyl (C=O) groups excluding carboxylic acids is 1. The molecule has 6 N–H and O–H groups in total. The SMILES string of the molecule is Nc1cccc(N)[nH+]1.O=C([O-])/C=C/C(=O)O. The van der Waals surface area contributed by atoms with Crippen LogP contribution >= 0.6 is 0 Å². The first-order valence-electron chi connectivity index (χ1n) is 4.07. The second-order valence-electron chi connectivity index (χ2n) is 2.55. The van der Waals surface area contributed by atoms with E-state index in [0.717, 1.165) is 0 Å². The van der Waals surface area contributed by atoms with Crippen molar-refractivity contribution in [2.75, 3.05) is 11.5 Å². The Morgan fingerprint density at radius 1 is 1.25 bits per heavy atom. The Hall–Kier alpha value is -2.57. The summed E-state index contributed by atoms with van der Waals surface area (Å²) >= 11 is 0. The van der Waals surface area contributed by atoms with E-state index in [1.807, 2.05) is 0 Å². The molecular weight excluding hydrogens is 214 g/mol. The van der Waals surface area contributed by atoms with Crippen LogP contribution in [0.2, 0.25) is 0 Å². The maximum absolute atomic E-state index is 9.53. The van der Waals surface area contributed by atoms with Gasteiger partial charge in [0.15, 0.2) is 0 Å². The van der Waals surface area contributed by atoms with Gasteiger partial charge in [-0.05, 0) is 12.1 Å². The number of aromatic nitrogens is 1. The lowest BCUT2D eigenvalue weighted by Crippen LogP contribution is -2.19. The molecule has 0 spiro atoms. The lowest BCUT2D eigenvalue weighted by atomic mass is 10.4. The Morgan fingerprint density at radius 3 is 1.94 bits per heavy atom. The number of nitrogens with one attached hydrogen (secondary N) is 1. The van der Waals surface area contributed by atoms with E-state index >= 15 is 0 Å². The summed E-state index contributed by atoms with van der Waals surface area (Å²) in [5.41, 5.74) is 10.6. The first-order chi connectivity index (χ1) is 7.41. The van der Waals surface area contributed by atoms with Crippen molar-refractivity contribution in [2.24, 2.45) is 0 Å². The summed E-state index contributed by atoms with van der Waals surface area (Å²) in [6.45, 7) is 0. The van der Waals surface area contributed by atoms with Crippen LogP contribution < -0.4 is 21.6 Å². The fraction of sp³-hybridized carbons (Fsp3) is 0. The van der Waals surface area contributed by atoms with Gasteiger partial charge in [0.2, 0.25) is 11.6 Å². The number of anilines is 2. The van der Waals surface area contributed by atoms with Crippen LogP contribution in [0.5, 0.6) is 0 Å². The molecule has 0 aliphatic rings. The minimum absolute atomic E-state index is 0.447. The van der Waals surface area contributed by atoms with Gasteiger partial charge in [-0.2, -0.15) is 0 Å². The molecule has 0 aliphatic heterocycles. The normalized spacial score (nSPS) is 9.25. The van der Waals surface area contributed by atoms with E-state index in [9.17, 15) is 14.7 Å². The van der Waals surface area contributed by atoms with Gasteiger partial charge >= 0.3 is 5.97 Å². The molecule has 0 radical (unpaired) electrons. The average molecular weight is 225 g/mol. The van der Waals surface area contributed by atoms with E-state index in [-0.39, 0.29) is 0 Å². The predicted molar refractivity (Wildman–Crippen MR) is 53.6 cm³/mol. The number of rotatable bonds is 2. The standard InChI is InChI=1S/C5H7N3.C4H4O4/c6-4-2-1-3-5(7)8-4;5-3(6)1-2-4(7)8/h1-3H,(H4,6,7,8);1-2H,(H,5,6)(H,7,8)/b;2-1+. The third-order valence-electron chi connectivity index (χ3n) is 1.20. The highest BCUT2D eigenvalue weighted by Gasteiger charge is 1.88. The molecule has 86 valence electrons. The number of H-pyrrole nitrogens is 1. The highest BCUT2D eigenvalue weighted by atomic mass is 16.4. The van der Waals surface area contributed by atoms with Gasteiger partial charge in [-0.3, -0.25) is 0 Å². The van der Waals surface area contributed by atoms with Crippen molar-refractivity contribution >= 4 is 23.6 Å². The van der Waals surface area contributed by atoms with Crippen molar-refractivity contribution in [1.29, 1.82) is 0 Å². The van der Waals surface area contributed by atoms with Crippen LogP contribution in [0, 0.1) is 0 Å². The molecule has 16 heavy (non-hydrogen) atoms. The minimum Gasteiger partial charge on any atom is -0.545 e. The number of aliphatic carboxylic acids is 2. The third kappa shape index (κ3) is 8.05. The fourth-order valence-corrected chi connectivity index (χ4v) is 0.645. The Balaban J connectivity index is 0.000000281. The van der Waals surface area contributed by atoms with Gasteiger partial charge in [0.1, 0.15) is 0 Å². The van der Waals surface area contributed by atoms with Crippen LogP contribution in [0.25, 0.3) is 0 Å². The van der Waals surface area contributed by atoms with E-state index in [2.05, 4.69) is 4.98 Å². The topological polar surface area (TPSA) is 144 Å². The summed E-state index contributed by atoms with van der Waals surface area (Å²) in [4.78, 5) is 21.7. The lowest BCUT2D eigenvalue weighted by Gasteiger charge is -1.85. The first kappa shape index (κ1) is 13.4. The molecule has 0 unspecified atom stereocenters. The Bertz CT molecular complexity index is 370. The summed E-state index contributed by atoms with van der Waals surface area (Å²) in [6, 6.07) is 5.29. The van der Waals surface area contributed by atoms with E-state index in [1.54, 1.807) is 18.2 Å². The van der Waals surface area contributed by atoms with E-state index in [0.29, 0.717) is 23.8 Å². The minimum atomic E-state index is -1.51. The van der Waals surface area contributed by atoms with Crippen molar-refractivity contribution in [3.8, 4) is 0 Å². The highest BCUT2D eigenvalue weighted by Crippen LogP contribution is 1.92. The Kier molecular flexibility index (Phi) is 5.73. The van der Waals surface area contributed by atoms with Gasteiger partial charge in [-0.1, -0.05) is 0 Å². The van der Waals surface area contributed by atoms with Gasteiger partial charge in [0, 0.05) is 18.2 Å². The molecule has 0 bridgehead atoms. The Labute approximate surface area is 91.0 Å². The molecule has 0 amide bonds. The monoisotopic (exact) mass is 225 g/mol. The maximum atomic E-state index is 9.53. The molecule has 1 rings (SSSR count). The van der Waals surface area contributed by atoms with Crippen LogP contribution in [-0.2, 0) is 9.59 Å². The number of carbonyl (C=O) groups is 2. The number of carboxylic acids is 2. The average Bonchev–Trinajstić information content (AvgIpc) is 2.15. The highest BCUT2D eigenvalue weighted by molar-refractivity contribution is 5.88. The van der Waals surface area contributed by atoms with Gasteiger partial charge in [0.05, 0.1) is 5.97 Å². The zero-order valence-corrected chi connectivity index (χ0v) is 8.21. The summed E-state index contributed by atoms with van der Waals surface area (Å²) < 4.78 is 0. The van der Waals surface area contributed by atoms with Crippen LogP contribution in [0.15, 0.2) is 30.4 Å². The number of aromatic amines is 1. The van der Waals surface area contributed by atoms with Crippen LogP contribution in [0.4, 0.5) is 11.6 Å². The second kappa shape index (κ2) is 6.82. The summed E-state index contributed by atoms with van der Waals surface area (Å²) in [5, 5.41) is 17.2. The number of nitrogen functional groups attached to an aromatic ring is 2. The zero-order valence-electron chi connectivity index (χ0n) is 8.21. The Morgan fingerprint density at radius 2 is 1.75 bits per heavy atom. The largest absolute Gasteiger partial charge is 0.545 e. The third-order valence-corrected chi connectivity index (χ3v) is 1.20. The molecule has 7 nitrogen and oxygen atoms in total. The van der Waals surface area contributed by atoms with Crippen molar-refractivity contribution in [2.45, 2.75) is 0 Å². The maximum Gasteiger partial charge on any atom is 0.328 e. The van der Waals surface area contributed by atoms with Crippen LogP contribution in [0.3, 0.4) is 0 Å². The molecular formula is C9H11N3O4. The number of hydrogen-bond acceptors (Lipinski definition) is 5. The van der Waals surface area contributed by atoms with Crippen molar-refractivity contribution in [3.63, 3.8) is 0 Å². The number of carboxylic acid groups (broad SMARTS) is 2. The van der Waals surface area contributed by atoms with Gasteiger partial charge < -0.3 is 26.5 Å². The predicted octanol–water partition coefficient (Wildman–Crippen LogP) is -1.96. The number of hydrogen-bond donors (Lipinski definition) is 3. The van der Waals surface area contributed by atoms with Gasteiger partial charge in [-0.15, -0.1) is 0 Å². The molecule has 0 saturated heterocycles. The summed E-state index contributed by atoms with van der Waals surface area (Å²) in [6.07, 6.45) is 0.942. The first-order valence-corrected chi connectivity index (χ1v) is 4.07. The molecule has 1 aromatic rings. The quantitative estimate of drug-likeness (QED) is 0.498. The number of pyridine rings is 1. The molecule has 0 atom stereocenters. The molecule has 0 saturated carbocycles. The van der Waals surface area contributed by atoms with Crippen molar-refractivity contribution < 1.29 is 24.8 Å². The van der Waals surface area contributed by atoms with Crippen LogP contribution in [0.1, 0.15) is 0 Å². The number of nitrogens with two attached hydrogens (primary N) is 2. The molecule has 0 aromatic carbocycles.